The summed E-state index contributed by atoms with van der Waals surface area (Å²) in [6, 6.07) is 0.275. The molecule has 0 spiro atoms. The maximum Gasteiger partial charge on any atom is 0.249 e. The van der Waals surface area contributed by atoms with Crippen LogP contribution in [0.4, 0.5) is 0 Å². The summed E-state index contributed by atoms with van der Waals surface area (Å²) in [5.41, 5.74) is 6.00. The molecule has 4 nitrogen and oxygen atoms in total. The number of carbonyl (C=O) groups is 1. The lowest BCUT2D eigenvalue weighted by Crippen LogP contribution is -2.51. The van der Waals surface area contributed by atoms with Crippen LogP contribution in [0.5, 0.6) is 0 Å². The van der Waals surface area contributed by atoms with Gasteiger partial charge in [0.15, 0.2) is 0 Å². The molecule has 0 aromatic rings. The van der Waals surface area contributed by atoms with Gasteiger partial charge < -0.3 is 15.8 Å². The molecule has 0 aromatic carbocycles. The molecule has 1 saturated carbocycles. The van der Waals surface area contributed by atoms with Crippen LogP contribution >= 0.6 is 0 Å². The first-order valence-corrected chi connectivity index (χ1v) is 6.38. The summed E-state index contributed by atoms with van der Waals surface area (Å²) < 4.78 is 5.55. The monoisotopic (exact) mass is 226 g/mol. The first-order chi connectivity index (χ1) is 7.66. The van der Waals surface area contributed by atoms with Gasteiger partial charge in [0.1, 0.15) is 6.10 Å². The molecular weight excluding hydrogens is 204 g/mol. The normalized spacial score (nSPS) is 39.6. The van der Waals surface area contributed by atoms with Gasteiger partial charge in [-0.05, 0) is 32.6 Å². The molecule has 1 heterocycles. The Kier molecular flexibility index (Phi) is 3.82. The van der Waals surface area contributed by atoms with Gasteiger partial charge in [0.05, 0.1) is 6.10 Å². The number of hydrogen-bond donors (Lipinski definition) is 2. The third kappa shape index (κ3) is 2.74. The van der Waals surface area contributed by atoms with Crippen molar-refractivity contribution in [2.45, 2.75) is 69.7 Å². The minimum Gasteiger partial charge on any atom is -0.365 e. The second-order valence-corrected chi connectivity index (χ2v) is 5.08. The average Bonchev–Trinajstić information content (AvgIpc) is 2.68. The van der Waals surface area contributed by atoms with E-state index in [1.54, 1.807) is 0 Å². The smallest absolute Gasteiger partial charge is 0.249 e. The summed E-state index contributed by atoms with van der Waals surface area (Å²) in [4.78, 5) is 11.9. The highest BCUT2D eigenvalue weighted by Gasteiger charge is 2.31. The van der Waals surface area contributed by atoms with Crippen LogP contribution in [0.3, 0.4) is 0 Å². The molecule has 92 valence electrons. The van der Waals surface area contributed by atoms with Gasteiger partial charge in [-0.1, -0.05) is 12.8 Å². The van der Waals surface area contributed by atoms with Gasteiger partial charge in [-0.25, -0.2) is 0 Å². The Morgan fingerprint density at radius 3 is 2.62 bits per heavy atom. The van der Waals surface area contributed by atoms with Crippen molar-refractivity contribution < 1.29 is 9.53 Å². The van der Waals surface area contributed by atoms with E-state index in [1.165, 1.54) is 12.8 Å². The van der Waals surface area contributed by atoms with Crippen LogP contribution in [0.1, 0.15) is 45.4 Å². The van der Waals surface area contributed by atoms with Gasteiger partial charge >= 0.3 is 0 Å². The zero-order chi connectivity index (χ0) is 11.5. The van der Waals surface area contributed by atoms with Crippen LogP contribution in [0.2, 0.25) is 0 Å². The molecule has 0 aromatic heterocycles. The van der Waals surface area contributed by atoms with E-state index in [1.807, 2.05) is 6.92 Å². The Morgan fingerprint density at radius 1 is 1.25 bits per heavy atom. The van der Waals surface area contributed by atoms with Crippen molar-refractivity contribution in [1.82, 2.24) is 5.32 Å². The average molecular weight is 226 g/mol. The van der Waals surface area contributed by atoms with E-state index in [0.29, 0.717) is 0 Å². The number of carbonyl (C=O) groups excluding carboxylic acids is 1. The van der Waals surface area contributed by atoms with Crippen molar-refractivity contribution in [3.05, 3.63) is 0 Å². The second kappa shape index (κ2) is 5.15. The second-order valence-electron chi connectivity index (χ2n) is 5.08. The minimum atomic E-state index is -0.246. The number of amides is 1. The van der Waals surface area contributed by atoms with E-state index in [4.69, 9.17) is 10.5 Å². The van der Waals surface area contributed by atoms with E-state index >= 15 is 0 Å². The lowest BCUT2D eigenvalue weighted by molar-refractivity contribution is -0.132. The van der Waals surface area contributed by atoms with Crippen molar-refractivity contribution in [3.8, 4) is 0 Å². The predicted molar refractivity (Wildman–Crippen MR) is 61.9 cm³/mol. The highest BCUT2D eigenvalue weighted by molar-refractivity contribution is 5.81. The lowest BCUT2D eigenvalue weighted by Gasteiger charge is -2.30. The zero-order valence-corrected chi connectivity index (χ0v) is 9.95. The predicted octanol–water partition coefficient (Wildman–Crippen LogP) is 0.940. The van der Waals surface area contributed by atoms with Crippen LogP contribution in [-0.4, -0.2) is 30.2 Å². The van der Waals surface area contributed by atoms with Gasteiger partial charge in [0.2, 0.25) is 5.91 Å². The molecule has 0 radical (unpaired) electrons. The van der Waals surface area contributed by atoms with Crippen molar-refractivity contribution in [3.63, 3.8) is 0 Å². The largest absolute Gasteiger partial charge is 0.365 e. The molecule has 1 saturated heterocycles. The minimum absolute atomic E-state index is 0.0340. The lowest BCUT2D eigenvalue weighted by atomic mass is 9.91. The van der Waals surface area contributed by atoms with Crippen molar-refractivity contribution in [2.24, 2.45) is 5.73 Å². The topological polar surface area (TPSA) is 64.4 Å². The number of rotatable bonds is 2. The summed E-state index contributed by atoms with van der Waals surface area (Å²) in [5.74, 6) is 0.0340. The summed E-state index contributed by atoms with van der Waals surface area (Å²) in [5, 5.41) is 3.04. The molecule has 4 heteroatoms. The fraction of sp³-hybridized carbons (Fsp3) is 0.917. The third-order valence-electron chi connectivity index (χ3n) is 3.67. The fourth-order valence-electron chi connectivity index (χ4n) is 2.61. The summed E-state index contributed by atoms with van der Waals surface area (Å²) in [6.45, 7) is 2.01. The Balaban J connectivity index is 1.82. The third-order valence-corrected chi connectivity index (χ3v) is 3.67. The number of nitrogens with two attached hydrogens (primary N) is 1. The van der Waals surface area contributed by atoms with E-state index in [9.17, 15) is 4.79 Å². The van der Waals surface area contributed by atoms with E-state index in [-0.39, 0.29) is 30.2 Å². The Labute approximate surface area is 96.9 Å². The number of ether oxygens (including phenoxy) is 1. The zero-order valence-electron chi connectivity index (χ0n) is 9.95. The molecule has 2 fully saturated rings. The van der Waals surface area contributed by atoms with Gasteiger partial charge in [-0.3, -0.25) is 4.79 Å². The van der Waals surface area contributed by atoms with Crippen molar-refractivity contribution in [2.75, 3.05) is 0 Å². The fourth-order valence-corrected chi connectivity index (χ4v) is 2.61. The number of hydrogen-bond acceptors (Lipinski definition) is 3. The molecule has 2 rings (SSSR count). The standard InChI is InChI=1S/C12H22N2O2/c1-8-6-7-11(16-8)12(15)14-10-5-3-2-4-9(10)13/h8-11H,2-7,13H2,1H3,(H,14,15). The molecule has 1 amide bonds. The van der Waals surface area contributed by atoms with E-state index < -0.39 is 0 Å². The van der Waals surface area contributed by atoms with Gasteiger partial charge in [0.25, 0.3) is 0 Å². The van der Waals surface area contributed by atoms with Crippen LogP contribution in [0.15, 0.2) is 0 Å². The molecular formula is C12H22N2O2. The summed E-state index contributed by atoms with van der Waals surface area (Å²) in [7, 11) is 0. The first kappa shape index (κ1) is 11.9. The maximum absolute atomic E-state index is 11.9. The van der Waals surface area contributed by atoms with Crippen molar-refractivity contribution in [1.29, 1.82) is 0 Å². The Bertz CT molecular complexity index is 257. The van der Waals surface area contributed by atoms with Crippen LogP contribution in [0, 0.1) is 0 Å². The molecule has 16 heavy (non-hydrogen) atoms. The molecule has 4 atom stereocenters. The first-order valence-electron chi connectivity index (χ1n) is 6.38. The van der Waals surface area contributed by atoms with Gasteiger partial charge in [-0.15, -0.1) is 0 Å². The molecule has 1 aliphatic heterocycles. The van der Waals surface area contributed by atoms with E-state index in [2.05, 4.69) is 5.32 Å². The highest BCUT2D eigenvalue weighted by Crippen LogP contribution is 2.21. The SMILES string of the molecule is CC1CCC(C(=O)NC2CCCCC2N)O1. The molecule has 0 bridgehead atoms. The van der Waals surface area contributed by atoms with Crippen LogP contribution in [0.25, 0.3) is 0 Å². The number of nitrogens with one attached hydrogen (secondary N) is 1. The summed E-state index contributed by atoms with van der Waals surface area (Å²) in [6.07, 6.45) is 6.18. The van der Waals surface area contributed by atoms with Crippen LogP contribution < -0.4 is 11.1 Å². The molecule has 1 aliphatic carbocycles. The van der Waals surface area contributed by atoms with Crippen LogP contribution in [-0.2, 0) is 9.53 Å². The van der Waals surface area contributed by atoms with E-state index in [0.717, 1.165) is 25.7 Å². The Hall–Kier alpha value is -0.610. The highest BCUT2D eigenvalue weighted by atomic mass is 16.5. The summed E-state index contributed by atoms with van der Waals surface area (Å²) >= 11 is 0. The Morgan fingerprint density at radius 2 is 2.00 bits per heavy atom. The van der Waals surface area contributed by atoms with Crippen molar-refractivity contribution >= 4 is 5.91 Å². The van der Waals surface area contributed by atoms with Gasteiger partial charge in [-0.2, -0.15) is 0 Å². The molecule has 4 unspecified atom stereocenters. The van der Waals surface area contributed by atoms with Gasteiger partial charge in [0, 0.05) is 12.1 Å². The molecule has 3 N–H and O–H groups in total. The molecule has 2 aliphatic rings. The quantitative estimate of drug-likeness (QED) is 0.736. The maximum atomic E-state index is 11.9.